The van der Waals surface area contributed by atoms with Crippen molar-refractivity contribution in [2.24, 2.45) is 0 Å². The number of allylic oxidation sites excluding steroid dienone is 1. The van der Waals surface area contributed by atoms with Crippen molar-refractivity contribution in [3.05, 3.63) is 163 Å². The van der Waals surface area contributed by atoms with Gasteiger partial charge in [0.15, 0.2) is 0 Å². The summed E-state index contributed by atoms with van der Waals surface area (Å²) in [5.74, 6) is 0.515. The molecular formula is C48H34N4. The molecule has 0 bridgehead atoms. The Bertz CT molecular complexity index is 2870. The molecule has 4 nitrogen and oxygen atoms in total. The Morgan fingerprint density at radius 3 is 2.17 bits per heavy atom. The van der Waals surface area contributed by atoms with Gasteiger partial charge in [0.1, 0.15) is 0 Å². The van der Waals surface area contributed by atoms with Crippen LogP contribution in [0.3, 0.4) is 0 Å². The fourth-order valence-corrected chi connectivity index (χ4v) is 7.89. The summed E-state index contributed by atoms with van der Waals surface area (Å²) in [5.41, 5.74) is 15.4. The Morgan fingerprint density at radius 1 is 0.558 bits per heavy atom. The Hall–Kier alpha value is -6.52. The van der Waals surface area contributed by atoms with Crippen molar-refractivity contribution in [2.75, 3.05) is 0 Å². The van der Waals surface area contributed by atoms with Gasteiger partial charge in [0, 0.05) is 45.1 Å². The smallest absolute Gasteiger partial charge is 0.0749 e. The summed E-state index contributed by atoms with van der Waals surface area (Å²) in [5, 5.41) is 4.54. The van der Waals surface area contributed by atoms with E-state index in [9.17, 15) is 0 Å². The molecule has 9 aromatic rings. The van der Waals surface area contributed by atoms with Crippen LogP contribution in [0.5, 0.6) is 0 Å². The van der Waals surface area contributed by atoms with Gasteiger partial charge in [0.25, 0.3) is 0 Å². The minimum atomic E-state index is 0.515. The van der Waals surface area contributed by atoms with Crippen LogP contribution in [-0.2, 0) is 0 Å². The van der Waals surface area contributed by atoms with Crippen LogP contribution >= 0.6 is 0 Å². The number of nitrogens with zero attached hydrogens (tertiary/aromatic N) is 4. The molecule has 0 aliphatic heterocycles. The van der Waals surface area contributed by atoms with Crippen molar-refractivity contribution in [2.45, 2.75) is 25.7 Å². The Kier molecular flexibility index (Phi) is 7.21. The zero-order valence-electron chi connectivity index (χ0n) is 28.8. The molecule has 246 valence electrons. The van der Waals surface area contributed by atoms with Gasteiger partial charge in [-0.3, -0.25) is 9.97 Å². The number of benzene rings is 5. The second-order valence-corrected chi connectivity index (χ2v) is 13.8. The van der Waals surface area contributed by atoms with E-state index in [-0.39, 0.29) is 0 Å². The van der Waals surface area contributed by atoms with E-state index < -0.39 is 0 Å². The van der Waals surface area contributed by atoms with Crippen molar-refractivity contribution >= 4 is 49.7 Å². The number of hydrogen-bond acceptors (Lipinski definition) is 4. The van der Waals surface area contributed by atoms with E-state index >= 15 is 0 Å². The van der Waals surface area contributed by atoms with Crippen LogP contribution < -0.4 is 0 Å². The second-order valence-electron chi connectivity index (χ2n) is 13.8. The molecular weight excluding hydrogens is 633 g/mol. The van der Waals surface area contributed by atoms with Crippen molar-refractivity contribution < 1.29 is 0 Å². The van der Waals surface area contributed by atoms with Crippen LogP contribution in [0.2, 0.25) is 0 Å². The van der Waals surface area contributed by atoms with Gasteiger partial charge >= 0.3 is 0 Å². The molecule has 1 atom stereocenters. The van der Waals surface area contributed by atoms with E-state index in [2.05, 4.69) is 139 Å². The number of fused-ring (bicyclic) bond motifs is 6. The van der Waals surface area contributed by atoms with Crippen molar-refractivity contribution in [3.8, 4) is 44.8 Å². The van der Waals surface area contributed by atoms with Gasteiger partial charge in [-0.25, -0.2) is 9.97 Å². The summed E-state index contributed by atoms with van der Waals surface area (Å²) >= 11 is 0. The summed E-state index contributed by atoms with van der Waals surface area (Å²) < 4.78 is 0. The first kappa shape index (κ1) is 30.3. The molecule has 4 heterocycles. The third kappa shape index (κ3) is 5.23. The number of rotatable bonds is 5. The Labute approximate surface area is 302 Å². The molecule has 0 amide bonds. The van der Waals surface area contributed by atoms with E-state index in [1.165, 1.54) is 27.6 Å². The second kappa shape index (κ2) is 12.4. The average molecular weight is 667 g/mol. The number of pyridine rings is 4. The van der Waals surface area contributed by atoms with Crippen LogP contribution in [0.25, 0.3) is 94.5 Å². The predicted octanol–water partition coefficient (Wildman–Crippen LogP) is 12.5. The summed E-state index contributed by atoms with van der Waals surface area (Å²) in [6.07, 6.45) is 10.6. The SMILES string of the molecule is CCC1CC=Cc2cc(-c3ccc(-c4ccc5cc(-c6ccc7ccc(-c8cnc9ccccc9c8)nc7c6)ccc5n4)cc3)c3cccnc3c21. The molecule has 4 heteroatoms. The Morgan fingerprint density at radius 2 is 1.27 bits per heavy atom. The van der Waals surface area contributed by atoms with Crippen LogP contribution in [0.4, 0.5) is 0 Å². The molecule has 5 aromatic carbocycles. The summed E-state index contributed by atoms with van der Waals surface area (Å²) in [6, 6.07) is 47.3. The monoisotopic (exact) mass is 666 g/mol. The fourth-order valence-electron chi connectivity index (χ4n) is 7.89. The van der Waals surface area contributed by atoms with Gasteiger partial charge in [-0.05, 0) is 107 Å². The van der Waals surface area contributed by atoms with E-state index in [4.69, 9.17) is 15.0 Å². The summed E-state index contributed by atoms with van der Waals surface area (Å²) in [4.78, 5) is 19.7. The van der Waals surface area contributed by atoms with Crippen molar-refractivity contribution in [1.82, 2.24) is 19.9 Å². The highest BCUT2D eigenvalue weighted by molar-refractivity contribution is 5.99. The largest absolute Gasteiger partial charge is 0.256 e. The molecule has 1 aliphatic carbocycles. The van der Waals surface area contributed by atoms with Crippen LogP contribution in [0.15, 0.2) is 152 Å². The highest BCUT2D eigenvalue weighted by Crippen LogP contribution is 2.41. The minimum Gasteiger partial charge on any atom is -0.256 e. The first-order chi connectivity index (χ1) is 25.7. The van der Waals surface area contributed by atoms with Gasteiger partial charge in [-0.2, -0.15) is 0 Å². The third-order valence-corrected chi connectivity index (χ3v) is 10.7. The molecule has 0 spiro atoms. The molecule has 0 radical (unpaired) electrons. The zero-order valence-corrected chi connectivity index (χ0v) is 28.8. The van der Waals surface area contributed by atoms with Crippen molar-refractivity contribution in [3.63, 3.8) is 0 Å². The lowest BCUT2D eigenvalue weighted by atomic mass is 9.81. The standard InChI is InChI=1S/C48H34N4/c1-2-30-8-5-9-38-27-41(40-10-6-24-49-48(40)47(30)38)31-12-14-32(15-13-31)43-23-20-37-25-34(19-22-44(37)51-43)35-17-16-33-18-21-45(52-46(33)28-35)39-26-36-7-3-4-11-42(36)50-29-39/h3-7,9-30H,2,8H2,1H3. The van der Waals surface area contributed by atoms with E-state index in [1.807, 2.05) is 30.6 Å². The highest BCUT2D eigenvalue weighted by Gasteiger charge is 2.21. The lowest BCUT2D eigenvalue weighted by Gasteiger charge is -2.23. The first-order valence-corrected chi connectivity index (χ1v) is 18.0. The average Bonchev–Trinajstić information content (AvgIpc) is 3.22. The molecule has 0 saturated carbocycles. The molecule has 4 aromatic heterocycles. The molecule has 52 heavy (non-hydrogen) atoms. The maximum atomic E-state index is 5.09. The quantitative estimate of drug-likeness (QED) is 0.183. The van der Waals surface area contributed by atoms with Gasteiger partial charge in [0.05, 0.1) is 33.5 Å². The van der Waals surface area contributed by atoms with Gasteiger partial charge in [0.2, 0.25) is 0 Å². The highest BCUT2D eigenvalue weighted by atomic mass is 14.7. The maximum absolute atomic E-state index is 5.09. The topological polar surface area (TPSA) is 51.6 Å². The summed E-state index contributed by atoms with van der Waals surface area (Å²) in [7, 11) is 0. The molecule has 1 unspecified atom stereocenters. The lowest BCUT2D eigenvalue weighted by Crippen LogP contribution is -2.05. The fraction of sp³-hybridized carbons (Fsp3) is 0.0833. The first-order valence-electron chi connectivity index (χ1n) is 18.0. The van der Waals surface area contributed by atoms with Crippen LogP contribution in [-0.4, -0.2) is 19.9 Å². The molecule has 1 aliphatic rings. The summed E-state index contributed by atoms with van der Waals surface area (Å²) in [6.45, 7) is 2.28. The van der Waals surface area contributed by atoms with Crippen LogP contribution in [0, 0.1) is 0 Å². The normalized spacial score (nSPS) is 14.0. The maximum Gasteiger partial charge on any atom is 0.0749 e. The van der Waals surface area contributed by atoms with Crippen molar-refractivity contribution in [1.29, 1.82) is 0 Å². The number of hydrogen-bond donors (Lipinski definition) is 0. The number of para-hydroxylation sites is 1. The Balaban J connectivity index is 0.947. The molecule has 10 rings (SSSR count). The third-order valence-electron chi connectivity index (χ3n) is 10.7. The van der Waals surface area contributed by atoms with Crippen LogP contribution in [0.1, 0.15) is 36.8 Å². The minimum absolute atomic E-state index is 0.515. The molecule has 0 saturated heterocycles. The van der Waals surface area contributed by atoms with Gasteiger partial charge < -0.3 is 0 Å². The lowest BCUT2D eigenvalue weighted by molar-refractivity contribution is 0.672. The van der Waals surface area contributed by atoms with E-state index in [0.717, 1.165) is 84.7 Å². The zero-order chi connectivity index (χ0) is 34.6. The van der Waals surface area contributed by atoms with E-state index in [1.54, 1.807) is 0 Å². The van der Waals surface area contributed by atoms with Gasteiger partial charge in [-0.15, -0.1) is 0 Å². The molecule has 0 N–H and O–H groups in total. The number of aromatic nitrogens is 4. The van der Waals surface area contributed by atoms with Gasteiger partial charge in [-0.1, -0.05) is 97.9 Å². The van der Waals surface area contributed by atoms with E-state index in [0.29, 0.717) is 5.92 Å². The predicted molar refractivity (Wildman–Crippen MR) is 216 cm³/mol. The molecule has 0 fully saturated rings.